The molecule has 2 aromatic rings. The highest BCUT2D eigenvalue weighted by Crippen LogP contribution is 2.38. The van der Waals surface area contributed by atoms with E-state index in [0.29, 0.717) is 18.4 Å². The number of piperidine rings is 3. The quantitative estimate of drug-likeness (QED) is 0.768. The first-order chi connectivity index (χ1) is 14.1. The van der Waals surface area contributed by atoms with Gasteiger partial charge in [-0.2, -0.15) is 0 Å². The van der Waals surface area contributed by atoms with Gasteiger partial charge in [-0.1, -0.05) is 42.2 Å². The second-order valence-electron chi connectivity index (χ2n) is 8.99. The molecule has 152 valence electrons. The fourth-order valence-corrected chi connectivity index (χ4v) is 6.64. The van der Waals surface area contributed by atoms with Crippen LogP contribution in [0.5, 0.6) is 0 Å². The Kier molecular flexibility index (Phi) is 5.26. The van der Waals surface area contributed by atoms with E-state index in [4.69, 9.17) is 0 Å². The zero-order chi connectivity index (χ0) is 19.8. The van der Waals surface area contributed by atoms with Crippen molar-refractivity contribution in [2.45, 2.75) is 44.1 Å². The van der Waals surface area contributed by atoms with Gasteiger partial charge in [0.25, 0.3) is 0 Å². The Labute approximate surface area is 177 Å². The van der Waals surface area contributed by atoms with Gasteiger partial charge in [-0.3, -0.25) is 4.90 Å². The molecule has 2 bridgehead atoms. The van der Waals surface area contributed by atoms with Crippen LogP contribution in [0.15, 0.2) is 30.3 Å². The van der Waals surface area contributed by atoms with Crippen molar-refractivity contribution in [3.05, 3.63) is 56.8 Å². The normalized spacial score (nSPS) is 30.5. The van der Waals surface area contributed by atoms with Gasteiger partial charge in [0.2, 0.25) is 0 Å². The molecule has 4 heterocycles. The Balaban J connectivity index is 1.50. The molecule has 6 rings (SSSR count). The van der Waals surface area contributed by atoms with Crippen molar-refractivity contribution in [3.63, 3.8) is 0 Å². The molecule has 3 saturated heterocycles. The average Bonchev–Trinajstić information content (AvgIpc) is 3.10. The van der Waals surface area contributed by atoms with Crippen LogP contribution in [0.25, 0.3) is 0 Å². The molecular formula is C25H29NO2S. The Morgan fingerprint density at radius 3 is 2.62 bits per heavy atom. The maximum absolute atomic E-state index is 11.2. The highest BCUT2D eigenvalue weighted by atomic mass is 32.1. The molecule has 4 aliphatic rings. The van der Waals surface area contributed by atoms with Gasteiger partial charge < -0.3 is 10.2 Å². The first-order valence-corrected chi connectivity index (χ1v) is 11.7. The number of aliphatic hydroxyl groups is 2. The lowest BCUT2D eigenvalue weighted by molar-refractivity contribution is -0.0713. The van der Waals surface area contributed by atoms with Crippen molar-refractivity contribution in [3.8, 4) is 11.8 Å². The summed E-state index contributed by atoms with van der Waals surface area (Å²) in [6.07, 6.45) is 6.05. The van der Waals surface area contributed by atoms with E-state index in [1.807, 2.05) is 0 Å². The van der Waals surface area contributed by atoms with Crippen molar-refractivity contribution in [1.29, 1.82) is 0 Å². The fourth-order valence-electron chi connectivity index (χ4n) is 5.31. The molecule has 0 saturated carbocycles. The predicted molar refractivity (Wildman–Crippen MR) is 117 cm³/mol. The second kappa shape index (κ2) is 7.89. The Bertz CT molecular complexity index is 933. The van der Waals surface area contributed by atoms with Crippen LogP contribution >= 0.6 is 11.3 Å². The molecule has 1 aromatic carbocycles. The minimum Gasteiger partial charge on any atom is -0.396 e. The van der Waals surface area contributed by atoms with Crippen LogP contribution in [-0.4, -0.2) is 47.0 Å². The van der Waals surface area contributed by atoms with Crippen LogP contribution < -0.4 is 0 Å². The van der Waals surface area contributed by atoms with E-state index in [9.17, 15) is 10.2 Å². The number of aliphatic hydroxyl groups excluding tert-OH is 1. The number of hydrogen-bond acceptors (Lipinski definition) is 4. The van der Waals surface area contributed by atoms with Crippen LogP contribution in [0, 0.1) is 23.7 Å². The summed E-state index contributed by atoms with van der Waals surface area (Å²) < 4.78 is 0. The SMILES string of the molecule is OCC1CCc2c(sc(C#CC3(O)CN4CCC3CC4)c2Cc2ccccc2)C1. The van der Waals surface area contributed by atoms with Gasteiger partial charge in [-0.15, -0.1) is 11.3 Å². The van der Waals surface area contributed by atoms with Gasteiger partial charge in [0.15, 0.2) is 0 Å². The number of hydrogen-bond donors (Lipinski definition) is 2. The molecule has 1 aliphatic carbocycles. The highest BCUT2D eigenvalue weighted by Gasteiger charge is 2.44. The van der Waals surface area contributed by atoms with Crippen LogP contribution in [0.3, 0.4) is 0 Å². The number of fused-ring (bicyclic) bond motifs is 4. The van der Waals surface area contributed by atoms with E-state index in [0.717, 1.165) is 56.5 Å². The standard InChI is InChI=1S/C25H29NO2S/c27-16-19-6-7-21-22(14-18-4-2-1-3-5-18)23(29-24(21)15-19)8-11-25(28)17-26-12-9-20(25)10-13-26/h1-5,19-20,27-28H,6-7,9-10,12-17H2. The lowest BCUT2D eigenvalue weighted by atomic mass is 9.76. The summed E-state index contributed by atoms with van der Waals surface area (Å²) in [5, 5.41) is 20.9. The van der Waals surface area contributed by atoms with Gasteiger partial charge in [-0.05, 0) is 74.2 Å². The van der Waals surface area contributed by atoms with Gasteiger partial charge >= 0.3 is 0 Å². The summed E-state index contributed by atoms with van der Waals surface area (Å²) in [6, 6.07) is 10.6. The third kappa shape index (κ3) is 3.78. The molecule has 3 fully saturated rings. The minimum atomic E-state index is -0.862. The molecule has 0 radical (unpaired) electrons. The molecule has 3 nitrogen and oxygen atoms in total. The summed E-state index contributed by atoms with van der Waals surface area (Å²) in [5.74, 6) is 7.46. The van der Waals surface area contributed by atoms with Crippen molar-refractivity contribution >= 4 is 11.3 Å². The molecule has 2 atom stereocenters. The molecule has 0 spiro atoms. The van der Waals surface area contributed by atoms with E-state index in [-0.39, 0.29) is 6.61 Å². The first-order valence-electron chi connectivity index (χ1n) is 10.9. The van der Waals surface area contributed by atoms with E-state index in [1.54, 1.807) is 11.3 Å². The number of thiophene rings is 1. The fraction of sp³-hybridized carbons (Fsp3) is 0.520. The smallest absolute Gasteiger partial charge is 0.141 e. The van der Waals surface area contributed by atoms with Gasteiger partial charge in [0.1, 0.15) is 5.60 Å². The largest absolute Gasteiger partial charge is 0.396 e. The molecule has 1 aromatic heterocycles. The summed E-state index contributed by atoms with van der Waals surface area (Å²) >= 11 is 1.80. The van der Waals surface area contributed by atoms with E-state index in [1.165, 1.54) is 21.6 Å². The lowest BCUT2D eigenvalue weighted by Gasteiger charge is -2.47. The molecular weight excluding hydrogens is 378 g/mol. The van der Waals surface area contributed by atoms with Crippen LogP contribution in [0.4, 0.5) is 0 Å². The van der Waals surface area contributed by atoms with Gasteiger partial charge in [0.05, 0.1) is 4.88 Å². The Hall–Kier alpha value is -1.64. The van der Waals surface area contributed by atoms with Crippen molar-refractivity contribution in [2.24, 2.45) is 11.8 Å². The summed E-state index contributed by atoms with van der Waals surface area (Å²) in [7, 11) is 0. The number of benzene rings is 1. The van der Waals surface area contributed by atoms with Crippen LogP contribution in [-0.2, 0) is 19.3 Å². The molecule has 29 heavy (non-hydrogen) atoms. The first kappa shape index (κ1) is 19.3. The van der Waals surface area contributed by atoms with Crippen LogP contribution in [0.1, 0.15) is 45.7 Å². The molecule has 3 aliphatic heterocycles. The second-order valence-corrected chi connectivity index (χ2v) is 10.1. The summed E-state index contributed by atoms with van der Waals surface area (Å²) in [4.78, 5) is 4.87. The molecule has 0 amide bonds. The monoisotopic (exact) mass is 407 g/mol. The van der Waals surface area contributed by atoms with Gasteiger partial charge in [-0.25, -0.2) is 0 Å². The van der Waals surface area contributed by atoms with E-state index >= 15 is 0 Å². The molecule has 4 heteroatoms. The number of rotatable bonds is 3. The zero-order valence-electron chi connectivity index (χ0n) is 16.9. The topological polar surface area (TPSA) is 43.7 Å². The molecule has 2 N–H and O–H groups in total. The van der Waals surface area contributed by atoms with Crippen molar-refractivity contribution in [1.82, 2.24) is 4.90 Å². The summed E-state index contributed by atoms with van der Waals surface area (Å²) in [5.41, 5.74) is 3.25. The zero-order valence-corrected chi connectivity index (χ0v) is 17.7. The van der Waals surface area contributed by atoms with Gasteiger partial charge in [0, 0.05) is 23.9 Å². The third-order valence-corrected chi connectivity index (χ3v) is 8.29. The van der Waals surface area contributed by atoms with E-state index < -0.39 is 5.60 Å². The van der Waals surface area contributed by atoms with Crippen molar-refractivity contribution < 1.29 is 10.2 Å². The average molecular weight is 408 g/mol. The third-order valence-electron chi connectivity index (χ3n) is 7.08. The number of nitrogens with zero attached hydrogens (tertiary/aromatic N) is 1. The Morgan fingerprint density at radius 2 is 1.93 bits per heavy atom. The van der Waals surface area contributed by atoms with Crippen LogP contribution in [0.2, 0.25) is 0 Å². The highest BCUT2D eigenvalue weighted by molar-refractivity contribution is 7.13. The maximum Gasteiger partial charge on any atom is 0.141 e. The molecule has 2 unspecified atom stereocenters. The lowest BCUT2D eigenvalue weighted by Crippen LogP contribution is -2.58. The van der Waals surface area contributed by atoms with E-state index in [2.05, 4.69) is 47.1 Å². The van der Waals surface area contributed by atoms with Crippen molar-refractivity contribution in [2.75, 3.05) is 26.2 Å². The minimum absolute atomic E-state index is 0.267. The summed E-state index contributed by atoms with van der Waals surface area (Å²) in [6.45, 7) is 3.16. The predicted octanol–water partition coefficient (Wildman–Crippen LogP) is 3.24. The Morgan fingerprint density at radius 1 is 1.14 bits per heavy atom. The maximum atomic E-state index is 11.2.